The largest absolute Gasteiger partial charge is 0.508 e. The number of rotatable bonds is 2. The second kappa shape index (κ2) is 5.69. The van der Waals surface area contributed by atoms with Crippen LogP contribution >= 0.6 is 0 Å². The fourth-order valence-electron chi connectivity index (χ4n) is 3.50. The van der Waals surface area contributed by atoms with Gasteiger partial charge in [0.05, 0.1) is 13.2 Å². The van der Waals surface area contributed by atoms with E-state index in [4.69, 9.17) is 4.74 Å². The molecule has 1 aliphatic heterocycles. The monoisotopic (exact) mass is 322 g/mol. The molecule has 0 radical (unpaired) electrons. The van der Waals surface area contributed by atoms with Crippen molar-refractivity contribution in [1.29, 1.82) is 0 Å². The minimum absolute atomic E-state index is 0.201. The molecule has 0 spiro atoms. The van der Waals surface area contributed by atoms with E-state index in [9.17, 15) is 9.90 Å². The zero-order valence-corrected chi connectivity index (χ0v) is 13.2. The lowest BCUT2D eigenvalue weighted by Crippen LogP contribution is -2.45. The van der Waals surface area contributed by atoms with Crippen LogP contribution in [0.15, 0.2) is 48.5 Å². The standard InChI is InChI=1S/C19H18N2O3/c1-24-19(23)16-10-14-13-7-2-3-8-15(13)20-18(14)17(21-16)11-5-4-6-12(22)9-11/h2-9,16-17,20-22H,10H2,1H3/t16-,17-/m0/s1. The molecule has 4 rings (SSSR count). The maximum atomic E-state index is 12.1. The van der Waals surface area contributed by atoms with E-state index < -0.39 is 6.04 Å². The Labute approximate surface area is 139 Å². The summed E-state index contributed by atoms with van der Waals surface area (Å²) in [4.78, 5) is 15.6. The number of aromatic amines is 1. The van der Waals surface area contributed by atoms with Crippen molar-refractivity contribution < 1.29 is 14.6 Å². The highest BCUT2D eigenvalue weighted by Gasteiger charge is 2.34. The van der Waals surface area contributed by atoms with Crippen LogP contribution in [-0.2, 0) is 16.0 Å². The average molecular weight is 322 g/mol. The van der Waals surface area contributed by atoms with E-state index in [1.54, 1.807) is 18.2 Å². The van der Waals surface area contributed by atoms with Crippen LogP contribution < -0.4 is 5.32 Å². The smallest absolute Gasteiger partial charge is 0.323 e. The van der Waals surface area contributed by atoms with Gasteiger partial charge in [0.25, 0.3) is 0 Å². The summed E-state index contributed by atoms with van der Waals surface area (Å²) < 4.78 is 4.94. The van der Waals surface area contributed by atoms with Crippen molar-refractivity contribution in [3.05, 3.63) is 65.4 Å². The molecule has 122 valence electrons. The van der Waals surface area contributed by atoms with Gasteiger partial charge in [-0.1, -0.05) is 30.3 Å². The second-order valence-corrected chi connectivity index (χ2v) is 6.04. The SMILES string of the molecule is COC(=O)[C@@H]1Cc2c([nH]c3ccccc23)[C@H](c2cccc(O)c2)N1. The van der Waals surface area contributed by atoms with E-state index in [0.717, 1.165) is 27.7 Å². The van der Waals surface area contributed by atoms with Gasteiger partial charge in [-0.05, 0) is 29.3 Å². The summed E-state index contributed by atoms with van der Waals surface area (Å²) >= 11 is 0. The molecule has 5 nitrogen and oxygen atoms in total. The van der Waals surface area contributed by atoms with E-state index in [2.05, 4.69) is 16.4 Å². The van der Waals surface area contributed by atoms with Crippen LogP contribution in [0.1, 0.15) is 22.9 Å². The van der Waals surface area contributed by atoms with Crippen LogP contribution in [0.3, 0.4) is 0 Å². The van der Waals surface area contributed by atoms with Crippen LogP contribution in [0.5, 0.6) is 5.75 Å². The average Bonchev–Trinajstić information content (AvgIpc) is 2.99. The highest BCUT2D eigenvalue weighted by Crippen LogP contribution is 2.36. The van der Waals surface area contributed by atoms with Crippen molar-refractivity contribution in [3.63, 3.8) is 0 Å². The normalized spacial score (nSPS) is 19.9. The Balaban J connectivity index is 1.88. The molecule has 3 aromatic rings. The third-order valence-electron chi connectivity index (χ3n) is 4.60. The van der Waals surface area contributed by atoms with Gasteiger partial charge >= 0.3 is 5.97 Å². The summed E-state index contributed by atoms with van der Waals surface area (Å²) in [6.07, 6.45) is 0.571. The number of hydrogen-bond donors (Lipinski definition) is 3. The van der Waals surface area contributed by atoms with Crippen LogP contribution in [0.2, 0.25) is 0 Å². The van der Waals surface area contributed by atoms with Crippen molar-refractivity contribution in [2.24, 2.45) is 0 Å². The number of aromatic nitrogens is 1. The quantitative estimate of drug-likeness (QED) is 0.634. The molecule has 2 aromatic carbocycles. The summed E-state index contributed by atoms with van der Waals surface area (Å²) in [5.41, 5.74) is 4.09. The van der Waals surface area contributed by atoms with E-state index >= 15 is 0 Å². The second-order valence-electron chi connectivity index (χ2n) is 6.04. The number of fused-ring (bicyclic) bond motifs is 3. The molecule has 0 saturated carbocycles. The highest BCUT2D eigenvalue weighted by molar-refractivity contribution is 5.87. The number of aromatic hydroxyl groups is 1. The molecule has 2 atom stereocenters. The summed E-state index contributed by atoms with van der Waals surface area (Å²) in [5, 5.41) is 14.3. The van der Waals surface area contributed by atoms with E-state index in [-0.39, 0.29) is 17.8 Å². The lowest BCUT2D eigenvalue weighted by atomic mass is 9.90. The number of phenols is 1. The van der Waals surface area contributed by atoms with Gasteiger partial charge in [0, 0.05) is 23.0 Å². The molecule has 0 bridgehead atoms. The molecule has 0 unspecified atom stereocenters. The molecule has 0 aliphatic carbocycles. The van der Waals surface area contributed by atoms with E-state index in [0.29, 0.717) is 6.42 Å². The fraction of sp³-hybridized carbons (Fsp3) is 0.211. The highest BCUT2D eigenvalue weighted by atomic mass is 16.5. The fourth-order valence-corrected chi connectivity index (χ4v) is 3.50. The number of nitrogens with one attached hydrogen (secondary N) is 2. The summed E-state index contributed by atoms with van der Waals surface area (Å²) in [5.74, 6) is -0.0803. The molecule has 0 saturated heterocycles. The summed E-state index contributed by atoms with van der Waals surface area (Å²) in [6, 6.07) is 14.5. The first-order chi connectivity index (χ1) is 11.7. The number of carbonyl (C=O) groups excluding carboxylic acids is 1. The Kier molecular flexibility index (Phi) is 3.50. The maximum absolute atomic E-state index is 12.1. The number of benzene rings is 2. The predicted molar refractivity (Wildman–Crippen MR) is 90.9 cm³/mol. The molecule has 1 aromatic heterocycles. The van der Waals surface area contributed by atoms with Gasteiger partial charge in [-0.3, -0.25) is 10.1 Å². The lowest BCUT2D eigenvalue weighted by molar-refractivity contribution is -0.143. The topological polar surface area (TPSA) is 74.4 Å². The summed E-state index contributed by atoms with van der Waals surface area (Å²) in [6.45, 7) is 0. The number of esters is 1. The van der Waals surface area contributed by atoms with Crippen molar-refractivity contribution in [2.75, 3.05) is 7.11 Å². The van der Waals surface area contributed by atoms with Gasteiger partial charge in [0.1, 0.15) is 11.8 Å². The molecule has 0 amide bonds. The minimum Gasteiger partial charge on any atom is -0.508 e. The molecule has 24 heavy (non-hydrogen) atoms. The number of H-pyrrole nitrogens is 1. The van der Waals surface area contributed by atoms with Gasteiger partial charge in [-0.2, -0.15) is 0 Å². The zero-order chi connectivity index (χ0) is 16.7. The van der Waals surface area contributed by atoms with Crippen molar-refractivity contribution in [3.8, 4) is 5.75 Å². The van der Waals surface area contributed by atoms with Crippen molar-refractivity contribution in [2.45, 2.75) is 18.5 Å². The molecular weight excluding hydrogens is 304 g/mol. The Hall–Kier alpha value is -2.79. The molecule has 0 fully saturated rings. The Morgan fingerprint density at radius 3 is 2.83 bits per heavy atom. The molecular formula is C19H18N2O3. The third-order valence-corrected chi connectivity index (χ3v) is 4.60. The van der Waals surface area contributed by atoms with Gasteiger partial charge in [-0.15, -0.1) is 0 Å². The zero-order valence-electron chi connectivity index (χ0n) is 13.2. The van der Waals surface area contributed by atoms with Crippen LogP contribution in [0.4, 0.5) is 0 Å². The van der Waals surface area contributed by atoms with Crippen molar-refractivity contribution >= 4 is 16.9 Å². The number of ether oxygens (including phenoxy) is 1. The number of para-hydroxylation sites is 1. The first kappa shape index (κ1) is 14.8. The van der Waals surface area contributed by atoms with Crippen LogP contribution in [0, 0.1) is 0 Å². The number of methoxy groups -OCH3 is 1. The van der Waals surface area contributed by atoms with Crippen LogP contribution in [0.25, 0.3) is 10.9 Å². The minimum atomic E-state index is -0.422. The Morgan fingerprint density at radius 2 is 2.04 bits per heavy atom. The van der Waals surface area contributed by atoms with Crippen molar-refractivity contribution in [1.82, 2.24) is 10.3 Å². The Morgan fingerprint density at radius 1 is 1.21 bits per heavy atom. The predicted octanol–water partition coefficient (Wildman–Crippen LogP) is 2.65. The molecule has 3 N–H and O–H groups in total. The molecule has 2 heterocycles. The maximum Gasteiger partial charge on any atom is 0.323 e. The number of phenolic OH excluding ortho intramolecular Hbond substituents is 1. The first-order valence-corrected chi connectivity index (χ1v) is 7.89. The lowest BCUT2D eigenvalue weighted by Gasteiger charge is -2.30. The Bertz CT molecular complexity index is 916. The van der Waals surface area contributed by atoms with Gasteiger partial charge in [0.2, 0.25) is 0 Å². The number of hydrogen-bond acceptors (Lipinski definition) is 4. The van der Waals surface area contributed by atoms with E-state index in [1.165, 1.54) is 7.11 Å². The summed E-state index contributed by atoms with van der Waals surface area (Å²) in [7, 11) is 1.40. The third kappa shape index (κ3) is 2.34. The first-order valence-electron chi connectivity index (χ1n) is 7.89. The number of carbonyl (C=O) groups is 1. The van der Waals surface area contributed by atoms with Crippen LogP contribution in [-0.4, -0.2) is 29.2 Å². The molecule has 1 aliphatic rings. The van der Waals surface area contributed by atoms with Gasteiger partial charge in [0.15, 0.2) is 0 Å². The molecule has 5 heteroatoms. The van der Waals surface area contributed by atoms with Gasteiger partial charge in [-0.25, -0.2) is 0 Å². The van der Waals surface area contributed by atoms with Gasteiger partial charge < -0.3 is 14.8 Å². The van der Waals surface area contributed by atoms with E-state index in [1.807, 2.05) is 24.3 Å².